The monoisotopic (exact) mass is 467 g/mol. The quantitative estimate of drug-likeness (QED) is 0.471. The van der Waals surface area contributed by atoms with Crippen molar-refractivity contribution in [3.8, 4) is 11.5 Å². The van der Waals surface area contributed by atoms with E-state index in [0.717, 1.165) is 10.7 Å². The number of carboxylic acid groups (broad SMARTS) is 1. The van der Waals surface area contributed by atoms with Crippen LogP contribution in [-0.2, 0) is 0 Å². The number of nitrogens with zero attached hydrogens (tertiary/aromatic N) is 2. The Kier molecular flexibility index (Phi) is 7.19. The molecule has 4 rings (SSSR count). The zero-order valence-electron chi connectivity index (χ0n) is 18.1. The van der Waals surface area contributed by atoms with Gasteiger partial charge in [0.05, 0.1) is 5.56 Å². The number of rotatable bonds is 7. The van der Waals surface area contributed by atoms with Gasteiger partial charge in [0.15, 0.2) is 5.16 Å². The van der Waals surface area contributed by atoms with E-state index in [1.165, 1.54) is 12.1 Å². The van der Waals surface area contributed by atoms with Gasteiger partial charge < -0.3 is 24.5 Å². The number of amides is 1. The first kappa shape index (κ1) is 22.7. The SMILES string of the molecule is CC(Sc1ncc[nH]1)c1ccc(OC(=O)N2CCC(Oc3ccc(C(=O)O)cc3)CC2)cc1. The van der Waals surface area contributed by atoms with Crippen LogP contribution in [0.3, 0.4) is 0 Å². The summed E-state index contributed by atoms with van der Waals surface area (Å²) in [5.41, 5.74) is 1.34. The molecule has 0 radical (unpaired) electrons. The van der Waals surface area contributed by atoms with Crippen molar-refractivity contribution in [1.29, 1.82) is 0 Å². The van der Waals surface area contributed by atoms with E-state index >= 15 is 0 Å². The first-order chi connectivity index (χ1) is 16.0. The highest BCUT2D eigenvalue weighted by atomic mass is 32.2. The Morgan fingerprint density at radius 2 is 1.76 bits per heavy atom. The third-order valence-corrected chi connectivity index (χ3v) is 6.49. The zero-order valence-corrected chi connectivity index (χ0v) is 19.0. The van der Waals surface area contributed by atoms with E-state index in [-0.39, 0.29) is 23.0 Å². The summed E-state index contributed by atoms with van der Waals surface area (Å²) < 4.78 is 11.5. The summed E-state index contributed by atoms with van der Waals surface area (Å²) in [5, 5.41) is 10.0. The Morgan fingerprint density at radius 1 is 1.09 bits per heavy atom. The van der Waals surface area contributed by atoms with Gasteiger partial charge in [-0.25, -0.2) is 14.6 Å². The van der Waals surface area contributed by atoms with Crippen molar-refractivity contribution >= 4 is 23.8 Å². The molecule has 2 heterocycles. The number of thioether (sulfide) groups is 1. The molecule has 3 aromatic rings. The topological polar surface area (TPSA) is 105 Å². The van der Waals surface area contributed by atoms with Gasteiger partial charge in [0, 0.05) is 43.6 Å². The zero-order chi connectivity index (χ0) is 23.2. The van der Waals surface area contributed by atoms with Crippen LogP contribution in [0.1, 0.15) is 40.9 Å². The van der Waals surface area contributed by atoms with E-state index in [4.69, 9.17) is 14.6 Å². The number of piperidine rings is 1. The number of carbonyl (C=O) groups excluding carboxylic acids is 1. The average Bonchev–Trinajstić information content (AvgIpc) is 3.33. The number of aromatic amines is 1. The number of carbonyl (C=O) groups is 2. The molecule has 9 heteroatoms. The Bertz CT molecular complexity index is 1060. The Morgan fingerprint density at radius 3 is 2.36 bits per heavy atom. The van der Waals surface area contributed by atoms with Crippen LogP contribution in [0, 0.1) is 0 Å². The van der Waals surface area contributed by atoms with Crippen LogP contribution in [0.25, 0.3) is 0 Å². The number of H-pyrrole nitrogens is 1. The summed E-state index contributed by atoms with van der Waals surface area (Å²) in [6.07, 6.45) is 4.48. The second kappa shape index (κ2) is 10.4. The van der Waals surface area contributed by atoms with Crippen molar-refractivity contribution in [3.05, 3.63) is 72.1 Å². The molecule has 1 aliphatic rings. The predicted octanol–water partition coefficient (Wildman–Crippen LogP) is 5.00. The van der Waals surface area contributed by atoms with Gasteiger partial charge in [-0.3, -0.25) is 0 Å². The van der Waals surface area contributed by atoms with E-state index in [0.29, 0.717) is 37.4 Å². The first-order valence-electron chi connectivity index (χ1n) is 10.7. The number of likely N-dealkylation sites (tertiary alicyclic amines) is 1. The Labute approximate surface area is 195 Å². The lowest BCUT2D eigenvalue weighted by atomic mass is 10.1. The van der Waals surface area contributed by atoms with Crippen LogP contribution in [0.4, 0.5) is 4.79 Å². The van der Waals surface area contributed by atoms with Crippen molar-refractivity contribution in [2.75, 3.05) is 13.1 Å². The third kappa shape index (κ3) is 6.07. The fourth-order valence-electron chi connectivity index (χ4n) is 3.55. The largest absolute Gasteiger partial charge is 0.490 e. The van der Waals surface area contributed by atoms with E-state index in [9.17, 15) is 9.59 Å². The molecule has 0 spiro atoms. The van der Waals surface area contributed by atoms with E-state index in [2.05, 4.69) is 16.9 Å². The summed E-state index contributed by atoms with van der Waals surface area (Å²) in [4.78, 5) is 32.5. The fraction of sp³-hybridized carbons (Fsp3) is 0.292. The summed E-state index contributed by atoms with van der Waals surface area (Å²) in [6.45, 7) is 3.16. The van der Waals surface area contributed by atoms with Crippen molar-refractivity contribution in [2.45, 2.75) is 36.3 Å². The number of hydrogen-bond acceptors (Lipinski definition) is 6. The maximum Gasteiger partial charge on any atom is 0.415 e. The van der Waals surface area contributed by atoms with Gasteiger partial charge in [-0.05, 0) is 48.9 Å². The third-order valence-electron chi connectivity index (χ3n) is 5.42. The molecule has 172 valence electrons. The molecule has 33 heavy (non-hydrogen) atoms. The van der Waals surface area contributed by atoms with Crippen LogP contribution >= 0.6 is 11.8 Å². The number of carboxylic acids is 1. The van der Waals surface area contributed by atoms with E-state index in [1.807, 2.05) is 24.3 Å². The number of benzene rings is 2. The smallest absolute Gasteiger partial charge is 0.415 e. The molecule has 1 amide bonds. The minimum Gasteiger partial charge on any atom is -0.490 e. The molecule has 1 aromatic heterocycles. The van der Waals surface area contributed by atoms with Crippen molar-refractivity contribution in [3.63, 3.8) is 0 Å². The van der Waals surface area contributed by atoms with Gasteiger partial charge in [0.2, 0.25) is 0 Å². The summed E-state index contributed by atoms with van der Waals surface area (Å²) in [7, 11) is 0. The van der Waals surface area contributed by atoms with Gasteiger partial charge in [-0.2, -0.15) is 0 Å². The lowest BCUT2D eigenvalue weighted by Gasteiger charge is -2.31. The van der Waals surface area contributed by atoms with Gasteiger partial charge in [-0.15, -0.1) is 0 Å². The first-order valence-corrected chi connectivity index (χ1v) is 11.6. The lowest BCUT2D eigenvalue weighted by Crippen LogP contribution is -2.43. The molecule has 2 N–H and O–H groups in total. The van der Waals surface area contributed by atoms with Crippen LogP contribution in [0.5, 0.6) is 11.5 Å². The minimum atomic E-state index is -0.967. The predicted molar refractivity (Wildman–Crippen MR) is 124 cm³/mol. The maximum atomic E-state index is 12.6. The number of nitrogens with one attached hydrogen (secondary N) is 1. The minimum absolute atomic E-state index is 0.0304. The highest BCUT2D eigenvalue weighted by Crippen LogP contribution is 2.33. The summed E-state index contributed by atoms with van der Waals surface area (Å²) in [6, 6.07) is 13.9. The van der Waals surface area contributed by atoms with Gasteiger partial charge in [-0.1, -0.05) is 23.9 Å². The van der Waals surface area contributed by atoms with Crippen molar-refractivity contribution in [2.24, 2.45) is 0 Å². The number of hydrogen-bond donors (Lipinski definition) is 2. The number of aromatic nitrogens is 2. The van der Waals surface area contributed by atoms with Gasteiger partial charge >= 0.3 is 12.1 Å². The molecule has 0 bridgehead atoms. The molecule has 1 saturated heterocycles. The van der Waals surface area contributed by atoms with Gasteiger partial charge in [0.25, 0.3) is 0 Å². The summed E-state index contributed by atoms with van der Waals surface area (Å²) >= 11 is 1.63. The van der Waals surface area contributed by atoms with Crippen molar-refractivity contribution in [1.82, 2.24) is 14.9 Å². The van der Waals surface area contributed by atoms with Crippen LogP contribution in [-0.4, -0.2) is 51.2 Å². The second-order valence-corrected chi connectivity index (χ2v) is 9.05. The van der Waals surface area contributed by atoms with E-state index in [1.54, 1.807) is 41.2 Å². The number of aromatic carboxylic acids is 1. The molecule has 1 atom stereocenters. The molecule has 1 fully saturated rings. The Balaban J connectivity index is 1.23. The average molecular weight is 468 g/mol. The molecule has 1 aliphatic heterocycles. The molecule has 8 nitrogen and oxygen atoms in total. The maximum absolute atomic E-state index is 12.6. The highest BCUT2D eigenvalue weighted by Gasteiger charge is 2.25. The number of ether oxygens (including phenoxy) is 2. The molecule has 1 unspecified atom stereocenters. The number of imidazole rings is 1. The molecular formula is C24H25N3O5S. The molecule has 2 aromatic carbocycles. The molecular weight excluding hydrogens is 442 g/mol. The fourth-order valence-corrected chi connectivity index (χ4v) is 4.43. The highest BCUT2D eigenvalue weighted by molar-refractivity contribution is 7.99. The second-order valence-electron chi connectivity index (χ2n) is 7.73. The normalized spacial score (nSPS) is 15.1. The van der Waals surface area contributed by atoms with Crippen LogP contribution < -0.4 is 9.47 Å². The van der Waals surface area contributed by atoms with Crippen LogP contribution in [0.15, 0.2) is 66.1 Å². The lowest BCUT2D eigenvalue weighted by molar-refractivity contribution is 0.0696. The Hall–Kier alpha value is -3.46. The molecule has 0 saturated carbocycles. The van der Waals surface area contributed by atoms with E-state index < -0.39 is 5.97 Å². The van der Waals surface area contributed by atoms with Gasteiger partial charge in [0.1, 0.15) is 17.6 Å². The van der Waals surface area contributed by atoms with Crippen molar-refractivity contribution < 1.29 is 24.2 Å². The molecule has 0 aliphatic carbocycles. The summed E-state index contributed by atoms with van der Waals surface area (Å²) in [5.74, 6) is 0.168. The standard InChI is InChI=1S/C24H25N3O5S/c1-16(33-23-25-12-13-26-23)17-2-6-20(7-3-17)32-24(30)27-14-10-21(11-15-27)31-19-8-4-18(5-9-19)22(28)29/h2-9,12-13,16,21H,10-11,14-15H2,1H3,(H,25,26)(H,28,29). The van der Waals surface area contributed by atoms with Crippen LogP contribution in [0.2, 0.25) is 0 Å².